The molecule has 1 aromatic heterocycles. The third-order valence-electron chi connectivity index (χ3n) is 3.38. The number of nitrogens with one attached hydrogen (secondary N) is 1. The Balaban J connectivity index is 2.29. The van der Waals surface area contributed by atoms with Gasteiger partial charge in [0.2, 0.25) is 0 Å². The van der Waals surface area contributed by atoms with Gasteiger partial charge in [-0.05, 0) is 25.5 Å². The summed E-state index contributed by atoms with van der Waals surface area (Å²) in [7, 11) is 1.51. The number of hydrogen-bond donors (Lipinski definition) is 2. The summed E-state index contributed by atoms with van der Waals surface area (Å²) in [4.78, 5) is 23.7. The van der Waals surface area contributed by atoms with Crippen LogP contribution in [0.4, 0.5) is 0 Å². The molecule has 24 heavy (non-hydrogen) atoms. The molecule has 7 nitrogen and oxygen atoms in total. The molecule has 1 aromatic carbocycles. The predicted molar refractivity (Wildman–Crippen MR) is 86.8 cm³/mol. The average molecular weight is 330 g/mol. The Morgan fingerprint density at radius 3 is 2.83 bits per heavy atom. The first-order valence-corrected chi connectivity index (χ1v) is 7.31. The highest BCUT2D eigenvalue weighted by Gasteiger charge is 2.24. The Bertz CT molecular complexity index is 751. The maximum atomic E-state index is 12.4. The van der Waals surface area contributed by atoms with Crippen LogP contribution in [0.25, 0.3) is 11.3 Å². The van der Waals surface area contributed by atoms with E-state index in [1.165, 1.54) is 13.3 Å². The van der Waals surface area contributed by atoms with Crippen molar-refractivity contribution in [3.8, 4) is 17.1 Å². The molecule has 0 aliphatic rings. The highest BCUT2D eigenvalue weighted by atomic mass is 16.5. The molecule has 1 unspecified atom stereocenters. The first kappa shape index (κ1) is 17.3. The van der Waals surface area contributed by atoms with Crippen LogP contribution in [0.3, 0.4) is 0 Å². The van der Waals surface area contributed by atoms with Crippen LogP contribution in [0.5, 0.6) is 5.75 Å². The number of aliphatic carboxylic acids is 1. The summed E-state index contributed by atoms with van der Waals surface area (Å²) in [6.45, 7) is 1.78. The van der Waals surface area contributed by atoms with Crippen molar-refractivity contribution in [2.24, 2.45) is 0 Å². The van der Waals surface area contributed by atoms with Gasteiger partial charge in [-0.3, -0.25) is 4.79 Å². The number of aromatic nitrogens is 1. The van der Waals surface area contributed by atoms with Gasteiger partial charge in [-0.15, -0.1) is 0 Å². The molecule has 2 aromatic rings. The lowest BCUT2D eigenvalue weighted by Crippen LogP contribution is -2.40. The molecule has 0 aliphatic carbocycles. The summed E-state index contributed by atoms with van der Waals surface area (Å²) < 4.78 is 10.4. The fourth-order valence-electron chi connectivity index (χ4n) is 2.16. The van der Waals surface area contributed by atoms with Crippen molar-refractivity contribution in [3.63, 3.8) is 0 Å². The number of carbonyl (C=O) groups excluding carboxylic acids is 1. The highest BCUT2D eigenvalue weighted by molar-refractivity contribution is 6.01. The molecule has 0 spiro atoms. The molecular weight excluding hydrogens is 312 g/mol. The molecule has 2 N–H and O–H groups in total. The summed E-state index contributed by atoms with van der Waals surface area (Å²) in [5.41, 5.74) is 0.703. The molecule has 1 heterocycles. The average Bonchev–Trinajstić information content (AvgIpc) is 3.07. The lowest BCUT2D eigenvalue weighted by Gasteiger charge is -2.12. The number of rotatable bonds is 7. The van der Waals surface area contributed by atoms with Gasteiger partial charge in [0.15, 0.2) is 5.76 Å². The third-order valence-corrected chi connectivity index (χ3v) is 3.38. The first-order chi connectivity index (χ1) is 11.6. The number of nitrogens with zero attached hydrogens (tertiary/aromatic N) is 1. The van der Waals surface area contributed by atoms with Gasteiger partial charge in [-0.2, -0.15) is 0 Å². The van der Waals surface area contributed by atoms with Crippen LogP contribution >= 0.6 is 0 Å². The van der Waals surface area contributed by atoms with Gasteiger partial charge in [0.05, 0.1) is 18.9 Å². The second-order valence-electron chi connectivity index (χ2n) is 4.94. The van der Waals surface area contributed by atoms with Crippen LogP contribution in [0.2, 0.25) is 0 Å². The van der Waals surface area contributed by atoms with Crippen LogP contribution < -0.4 is 10.1 Å². The zero-order valence-corrected chi connectivity index (χ0v) is 13.4. The monoisotopic (exact) mass is 330 g/mol. The van der Waals surface area contributed by atoms with Gasteiger partial charge >= 0.3 is 5.97 Å². The number of amides is 1. The number of methoxy groups -OCH3 is 1. The maximum Gasteiger partial charge on any atom is 0.326 e. The summed E-state index contributed by atoms with van der Waals surface area (Å²) in [5.74, 6) is -0.946. The van der Waals surface area contributed by atoms with Gasteiger partial charge < -0.3 is 19.7 Å². The molecule has 0 radical (unpaired) electrons. The van der Waals surface area contributed by atoms with Crippen molar-refractivity contribution in [3.05, 3.63) is 48.2 Å². The smallest absolute Gasteiger partial charge is 0.326 e. The van der Waals surface area contributed by atoms with E-state index in [9.17, 15) is 14.7 Å². The summed E-state index contributed by atoms with van der Waals surface area (Å²) in [6.07, 6.45) is 4.84. The van der Waals surface area contributed by atoms with Crippen molar-refractivity contribution in [1.29, 1.82) is 0 Å². The maximum absolute atomic E-state index is 12.4. The number of carboxylic acids is 1. The molecule has 0 bridgehead atoms. The largest absolute Gasteiger partial charge is 0.496 e. The normalized spacial score (nSPS) is 12.1. The van der Waals surface area contributed by atoms with E-state index in [0.29, 0.717) is 11.3 Å². The SMILES string of the molecule is C/C=C/CC(NC(=O)c1cnoc1-c1ccccc1OC)C(=O)O. The minimum atomic E-state index is -1.11. The predicted octanol–water partition coefficient (Wildman–Crippen LogP) is 2.50. The second-order valence-corrected chi connectivity index (χ2v) is 4.94. The molecule has 0 fully saturated rings. The molecule has 126 valence electrons. The van der Waals surface area contributed by atoms with Gasteiger partial charge in [0.1, 0.15) is 17.4 Å². The van der Waals surface area contributed by atoms with Gasteiger partial charge in [-0.1, -0.05) is 29.4 Å². The Labute approximate surface area is 138 Å². The number of benzene rings is 1. The Kier molecular flexibility index (Phi) is 5.73. The lowest BCUT2D eigenvalue weighted by molar-refractivity contribution is -0.139. The topological polar surface area (TPSA) is 102 Å². The fourth-order valence-corrected chi connectivity index (χ4v) is 2.16. The number of allylic oxidation sites excluding steroid dienone is 1. The minimum Gasteiger partial charge on any atom is -0.496 e. The van der Waals surface area contributed by atoms with E-state index in [-0.39, 0.29) is 17.7 Å². The number of para-hydroxylation sites is 1. The fraction of sp³-hybridized carbons (Fsp3) is 0.235. The van der Waals surface area contributed by atoms with E-state index in [1.54, 1.807) is 43.3 Å². The van der Waals surface area contributed by atoms with E-state index >= 15 is 0 Å². The quantitative estimate of drug-likeness (QED) is 0.756. The molecule has 7 heteroatoms. The Morgan fingerprint density at radius 1 is 1.42 bits per heavy atom. The van der Waals surface area contributed by atoms with E-state index in [1.807, 2.05) is 0 Å². The molecule has 0 aliphatic heterocycles. The number of carbonyl (C=O) groups is 2. The summed E-state index contributed by atoms with van der Waals surface area (Å²) in [5, 5.41) is 15.3. The van der Waals surface area contributed by atoms with E-state index in [4.69, 9.17) is 9.26 Å². The van der Waals surface area contributed by atoms with Crippen molar-refractivity contribution < 1.29 is 24.0 Å². The van der Waals surface area contributed by atoms with Crippen LogP contribution in [-0.2, 0) is 4.79 Å². The van der Waals surface area contributed by atoms with E-state index < -0.39 is 17.9 Å². The van der Waals surface area contributed by atoms with Crippen molar-refractivity contribution in [2.75, 3.05) is 7.11 Å². The standard InChI is InChI=1S/C17H18N2O5/c1-3-4-8-13(17(21)22)19-16(20)12-10-18-24-15(12)11-7-5-6-9-14(11)23-2/h3-7,9-10,13H,8H2,1-2H3,(H,19,20)(H,21,22)/b4-3+. The van der Waals surface area contributed by atoms with E-state index in [0.717, 1.165) is 0 Å². The number of ether oxygens (including phenoxy) is 1. The molecular formula is C17H18N2O5. The van der Waals surface area contributed by atoms with Crippen molar-refractivity contribution in [2.45, 2.75) is 19.4 Å². The van der Waals surface area contributed by atoms with Gasteiger partial charge in [0.25, 0.3) is 5.91 Å². The molecule has 1 atom stereocenters. The lowest BCUT2D eigenvalue weighted by atomic mass is 10.1. The Hall–Kier alpha value is -3.09. The second kappa shape index (κ2) is 7.96. The summed E-state index contributed by atoms with van der Waals surface area (Å²) >= 11 is 0. The van der Waals surface area contributed by atoms with E-state index in [2.05, 4.69) is 10.5 Å². The number of carboxylic acid groups (broad SMARTS) is 1. The first-order valence-electron chi connectivity index (χ1n) is 7.31. The van der Waals surface area contributed by atoms with Crippen molar-refractivity contribution in [1.82, 2.24) is 10.5 Å². The van der Waals surface area contributed by atoms with Crippen molar-refractivity contribution >= 4 is 11.9 Å². The van der Waals surface area contributed by atoms with Crippen LogP contribution in [0.15, 0.2) is 47.1 Å². The zero-order chi connectivity index (χ0) is 17.5. The van der Waals surface area contributed by atoms with Crippen LogP contribution in [-0.4, -0.2) is 35.3 Å². The zero-order valence-electron chi connectivity index (χ0n) is 13.4. The number of hydrogen-bond acceptors (Lipinski definition) is 5. The third kappa shape index (κ3) is 3.81. The van der Waals surface area contributed by atoms with Gasteiger partial charge in [0, 0.05) is 0 Å². The Morgan fingerprint density at radius 2 is 2.17 bits per heavy atom. The molecule has 0 saturated heterocycles. The highest BCUT2D eigenvalue weighted by Crippen LogP contribution is 2.32. The molecule has 0 saturated carbocycles. The molecule has 1 amide bonds. The summed E-state index contributed by atoms with van der Waals surface area (Å²) in [6, 6.07) is 5.98. The molecule has 2 rings (SSSR count). The minimum absolute atomic E-state index is 0.145. The van der Waals surface area contributed by atoms with Crippen LogP contribution in [0.1, 0.15) is 23.7 Å². The van der Waals surface area contributed by atoms with Gasteiger partial charge in [-0.25, -0.2) is 4.79 Å². The van der Waals surface area contributed by atoms with Crippen LogP contribution in [0, 0.1) is 0 Å².